The van der Waals surface area contributed by atoms with E-state index in [0.717, 1.165) is 32.1 Å². The summed E-state index contributed by atoms with van der Waals surface area (Å²) in [6.07, 6.45) is -13.9. The highest BCUT2D eigenvalue weighted by Crippen LogP contribution is 2.31. The average molecular weight is 601 g/mol. The molecular formula is C26H48O15. The predicted octanol–water partition coefficient (Wildman–Crippen LogP) is -3.16. The largest absolute Gasteiger partial charge is 0.394 e. The van der Waals surface area contributed by atoms with Gasteiger partial charge >= 0.3 is 0 Å². The summed E-state index contributed by atoms with van der Waals surface area (Å²) >= 11 is 0. The van der Waals surface area contributed by atoms with Crippen molar-refractivity contribution in [2.75, 3.05) is 26.4 Å². The van der Waals surface area contributed by atoms with Crippen molar-refractivity contribution in [2.45, 2.75) is 138 Å². The zero-order valence-corrected chi connectivity index (χ0v) is 23.3. The second-order valence-electron chi connectivity index (χ2n) is 10.9. The van der Waals surface area contributed by atoms with E-state index in [4.69, 9.17) is 28.4 Å². The smallest absolute Gasteiger partial charge is 0.187 e. The molecule has 242 valence electrons. The highest BCUT2D eigenvalue weighted by atomic mass is 16.7. The molecule has 3 saturated heterocycles. The number of hydrogen-bond acceptors (Lipinski definition) is 15. The first kappa shape index (κ1) is 34.9. The summed E-state index contributed by atoms with van der Waals surface area (Å²) in [5, 5.41) is 91.6. The van der Waals surface area contributed by atoms with Crippen LogP contribution in [0.2, 0.25) is 0 Å². The van der Waals surface area contributed by atoms with Crippen molar-refractivity contribution in [2.24, 2.45) is 0 Å². The Morgan fingerprint density at radius 1 is 0.610 bits per heavy atom. The molecule has 0 unspecified atom stereocenters. The van der Waals surface area contributed by atoms with E-state index in [2.05, 4.69) is 6.92 Å². The van der Waals surface area contributed by atoms with E-state index in [9.17, 15) is 46.0 Å². The normalized spacial score (nSPS) is 43.8. The Morgan fingerprint density at radius 3 is 1.93 bits per heavy atom. The maximum Gasteiger partial charge on any atom is 0.187 e. The SMILES string of the molecule is CCCCCCCCO[C@@H]1O[C@H](CO[C@@H]2C[C@@H](O)[C@H](O)[C@@H](CO)O2)[C@@H](O)[C@H](O[C@H]2O[C@H](CO)[C@@H](O)[C@H](O)[C@@H]2O)[C@@H]1O. The molecule has 0 aromatic heterocycles. The van der Waals surface area contributed by atoms with Gasteiger partial charge in [0.25, 0.3) is 0 Å². The zero-order valence-electron chi connectivity index (χ0n) is 23.3. The first-order chi connectivity index (χ1) is 19.6. The summed E-state index contributed by atoms with van der Waals surface area (Å²) in [7, 11) is 0. The molecule has 0 radical (unpaired) electrons. The molecule has 3 aliphatic rings. The van der Waals surface area contributed by atoms with E-state index in [-0.39, 0.29) is 19.6 Å². The van der Waals surface area contributed by atoms with Gasteiger partial charge < -0.3 is 74.4 Å². The van der Waals surface area contributed by atoms with Crippen LogP contribution in [0.4, 0.5) is 0 Å². The number of unbranched alkanes of at least 4 members (excludes halogenated alkanes) is 5. The number of aliphatic hydroxyl groups excluding tert-OH is 9. The molecule has 0 amide bonds. The molecule has 3 heterocycles. The monoisotopic (exact) mass is 600 g/mol. The van der Waals surface area contributed by atoms with Crippen LogP contribution >= 0.6 is 0 Å². The second-order valence-corrected chi connectivity index (χ2v) is 10.9. The Balaban J connectivity index is 1.67. The van der Waals surface area contributed by atoms with E-state index in [1.807, 2.05) is 0 Å². The predicted molar refractivity (Wildman–Crippen MR) is 137 cm³/mol. The van der Waals surface area contributed by atoms with Gasteiger partial charge in [0, 0.05) is 13.0 Å². The van der Waals surface area contributed by atoms with E-state index < -0.39 is 99.2 Å². The van der Waals surface area contributed by atoms with Gasteiger partial charge in [-0.05, 0) is 6.42 Å². The fourth-order valence-electron chi connectivity index (χ4n) is 5.13. The van der Waals surface area contributed by atoms with Crippen LogP contribution in [0.1, 0.15) is 51.9 Å². The van der Waals surface area contributed by atoms with Crippen LogP contribution in [0.5, 0.6) is 0 Å². The topological polar surface area (TPSA) is 237 Å². The first-order valence-corrected chi connectivity index (χ1v) is 14.5. The minimum atomic E-state index is -1.77. The van der Waals surface area contributed by atoms with Crippen molar-refractivity contribution in [3.8, 4) is 0 Å². The third kappa shape index (κ3) is 9.20. The van der Waals surface area contributed by atoms with Crippen molar-refractivity contribution in [1.29, 1.82) is 0 Å². The van der Waals surface area contributed by atoms with Crippen molar-refractivity contribution in [3.63, 3.8) is 0 Å². The van der Waals surface area contributed by atoms with Gasteiger partial charge in [0.05, 0.1) is 25.9 Å². The highest BCUT2D eigenvalue weighted by molar-refractivity contribution is 4.94. The molecule has 0 aromatic rings. The van der Waals surface area contributed by atoms with Gasteiger partial charge in [-0.1, -0.05) is 39.0 Å². The number of rotatable bonds is 15. The molecule has 9 N–H and O–H groups in total. The summed E-state index contributed by atoms with van der Waals surface area (Å²) in [4.78, 5) is 0. The molecule has 0 aromatic carbocycles. The standard InChI is InChI=1S/C26H48O15/c1-2-3-4-5-6-7-8-36-25-23(35)24(41-26-22(34)21(33)19(31)15(11-28)39-26)20(32)16(40-25)12-37-17-9-13(29)18(30)14(10-27)38-17/h13-35H,2-12H2,1H3/t13-,14-,15-,16-,17+,18+,19-,20-,21+,22+,23+,24+,25-,26-/m1/s1. The van der Waals surface area contributed by atoms with Gasteiger partial charge in [0.2, 0.25) is 0 Å². The summed E-state index contributed by atoms with van der Waals surface area (Å²) in [6.45, 7) is 0.763. The Kier molecular flexibility index (Phi) is 14.5. The molecule has 3 aliphatic heterocycles. The lowest BCUT2D eigenvalue weighted by molar-refractivity contribution is -0.363. The minimum absolute atomic E-state index is 0.119. The van der Waals surface area contributed by atoms with E-state index in [1.165, 1.54) is 0 Å². The van der Waals surface area contributed by atoms with Gasteiger partial charge in [0.1, 0.15) is 61.0 Å². The van der Waals surface area contributed by atoms with Crippen LogP contribution in [-0.4, -0.2) is 158 Å². The minimum Gasteiger partial charge on any atom is -0.394 e. The molecule has 15 heteroatoms. The van der Waals surface area contributed by atoms with Crippen molar-refractivity contribution >= 4 is 0 Å². The molecule has 14 atom stereocenters. The van der Waals surface area contributed by atoms with Crippen LogP contribution in [0.3, 0.4) is 0 Å². The molecule has 0 aliphatic carbocycles. The van der Waals surface area contributed by atoms with Crippen LogP contribution in [-0.2, 0) is 28.4 Å². The Morgan fingerprint density at radius 2 is 1.24 bits per heavy atom. The molecule has 3 rings (SSSR count). The Labute approximate surface area is 239 Å². The first-order valence-electron chi connectivity index (χ1n) is 14.5. The quantitative estimate of drug-likeness (QED) is 0.0844. The van der Waals surface area contributed by atoms with Crippen LogP contribution in [0, 0.1) is 0 Å². The van der Waals surface area contributed by atoms with Crippen molar-refractivity contribution < 1.29 is 74.4 Å². The summed E-state index contributed by atoms with van der Waals surface area (Å²) in [6, 6.07) is 0. The van der Waals surface area contributed by atoms with Gasteiger partial charge in [-0.2, -0.15) is 0 Å². The summed E-state index contributed by atoms with van der Waals surface area (Å²) < 4.78 is 33.8. The number of hydrogen-bond donors (Lipinski definition) is 9. The van der Waals surface area contributed by atoms with Gasteiger partial charge in [0.15, 0.2) is 18.9 Å². The maximum absolute atomic E-state index is 11.1. The van der Waals surface area contributed by atoms with E-state index in [0.29, 0.717) is 6.42 Å². The lowest BCUT2D eigenvalue weighted by Crippen LogP contribution is -2.65. The molecule has 15 nitrogen and oxygen atoms in total. The second kappa shape index (κ2) is 17.0. The number of ether oxygens (including phenoxy) is 6. The van der Waals surface area contributed by atoms with Crippen molar-refractivity contribution in [3.05, 3.63) is 0 Å². The number of aliphatic hydroxyl groups is 9. The van der Waals surface area contributed by atoms with Crippen molar-refractivity contribution in [1.82, 2.24) is 0 Å². The molecule has 3 fully saturated rings. The van der Waals surface area contributed by atoms with E-state index >= 15 is 0 Å². The van der Waals surface area contributed by atoms with Gasteiger partial charge in [-0.3, -0.25) is 0 Å². The molecule has 0 bridgehead atoms. The molecule has 41 heavy (non-hydrogen) atoms. The highest BCUT2D eigenvalue weighted by Gasteiger charge is 2.51. The van der Waals surface area contributed by atoms with Crippen LogP contribution in [0.25, 0.3) is 0 Å². The Bertz CT molecular complexity index is 731. The third-order valence-corrected chi connectivity index (χ3v) is 7.72. The lowest BCUT2D eigenvalue weighted by atomic mass is 9.97. The third-order valence-electron chi connectivity index (χ3n) is 7.72. The molecule has 0 saturated carbocycles. The van der Waals surface area contributed by atoms with Gasteiger partial charge in [-0.15, -0.1) is 0 Å². The van der Waals surface area contributed by atoms with Crippen LogP contribution in [0.15, 0.2) is 0 Å². The van der Waals surface area contributed by atoms with E-state index in [1.54, 1.807) is 0 Å². The summed E-state index contributed by atoms with van der Waals surface area (Å²) in [5.41, 5.74) is 0. The van der Waals surface area contributed by atoms with Gasteiger partial charge in [-0.25, -0.2) is 0 Å². The Hall–Kier alpha value is -0.600. The average Bonchev–Trinajstić information content (AvgIpc) is 2.96. The lowest BCUT2D eigenvalue weighted by Gasteiger charge is -2.46. The summed E-state index contributed by atoms with van der Waals surface area (Å²) in [5.74, 6) is 0. The fraction of sp³-hybridized carbons (Fsp3) is 1.00. The maximum atomic E-state index is 11.1. The fourth-order valence-corrected chi connectivity index (χ4v) is 5.13. The molecule has 0 spiro atoms. The van der Waals surface area contributed by atoms with Crippen LogP contribution < -0.4 is 0 Å². The molecular weight excluding hydrogens is 552 g/mol. The zero-order chi connectivity index (χ0) is 30.1.